The van der Waals surface area contributed by atoms with E-state index < -0.39 is 16.1 Å². The van der Waals surface area contributed by atoms with Crippen LogP contribution in [0.1, 0.15) is 24.5 Å². The van der Waals surface area contributed by atoms with E-state index >= 15 is 0 Å². The van der Waals surface area contributed by atoms with Gasteiger partial charge in [0.2, 0.25) is 15.9 Å². The van der Waals surface area contributed by atoms with E-state index in [1.807, 2.05) is 32.0 Å². The molecular weight excluding hydrogens is 416 g/mol. The van der Waals surface area contributed by atoms with Crippen molar-refractivity contribution in [2.45, 2.75) is 33.2 Å². The van der Waals surface area contributed by atoms with Gasteiger partial charge in [0.05, 0.1) is 11.9 Å². The van der Waals surface area contributed by atoms with Gasteiger partial charge in [0, 0.05) is 10.2 Å². The molecule has 2 aromatic carbocycles. The number of amides is 1. The lowest BCUT2D eigenvalue weighted by molar-refractivity contribution is -0.117. The van der Waals surface area contributed by atoms with Crippen molar-refractivity contribution in [3.05, 3.63) is 58.1 Å². The Hall–Kier alpha value is -1.86. The molecule has 0 spiro atoms. The highest BCUT2D eigenvalue weighted by Crippen LogP contribution is 2.28. The standard InChI is InChI=1S/C19H23BrN2O3S/c1-5-17(19(23)21-16-8-6-7-15(20)12-16)22(26(4,24)25)18-11-13(2)9-10-14(18)3/h6-12,17H,5H2,1-4H3,(H,21,23). The Kier molecular flexibility index (Phi) is 6.47. The van der Waals surface area contributed by atoms with Crippen molar-refractivity contribution >= 4 is 43.2 Å². The molecule has 0 bridgehead atoms. The molecule has 0 saturated heterocycles. The zero-order valence-corrected chi connectivity index (χ0v) is 17.7. The quantitative estimate of drug-likeness (QED) is 0.732. The maximum Gasteiger partial charge on any atom is 0.248 e. The van der Waals surface area contributed by atoms with Crippen LogP contribution in [-0.4, -0.2) is 26.6 Å². The first kappa shape index (κ1) is 20.5. The Balaban J connectivity index is 2.44. The van der Waals surface area contributed by atoms with Gasteiger partial charge in [-0.1, -0.05) is 41.1 Å². The summed E-state index contributed by atoms with van der Waals surface area (Å²) in [5.41, 5.74) is 2.87. The molecule has 0 aliphatic rings. The maximum absolute atomic E-state index is 12.9. The fourth-order valence-corrected chi connectivity index (χ4v) is 4.44. The second-order valence-corrected chi connectivity index (χ2v) is 9.05. The van der Waals surface area contributed by atoms with E-state index in [1.165, 1.54) is 4.31 Å². The fraction of sp³-hybridized carbons (Fsp3) is 0.316. The lowest BCUT2D eigenvalue weighted by Gasteiger charge is -2.31. The minimum absolute atomic E-state index is 0.348. The van der Waals surface area contributed by atoms with E-state index in [0.29, 0.717) is 17.8 Å². The first-order chi connectivity index (χ1) is 12.1. The van der Waals surface area contributed by atoms with Gasteiger partial charge in [-0.3, -0.25) is 9.10 Å². The number of carbonyl (C=O) groups excluding carboxylic acids is 1. The third-order valence-corrected chi connectivity index (χ3v) is 5.68. The van der Waals surface area contributed by atoms with Gasteiger partial charge in [-0.15, -0.1) is 0 Å². The predicted molar refractivity (Wildman–Crippen MR) is 110 cm³/mol. The molecule has 0 aliphatic carbocycles. The first-order valence-corrected chi connectivity index (χ1v) is 10.9. The molecule has 0 fully saturated rings. The summed E-state index contributed by atoms with van der Waals surface area (Å²) in [7, 11) is -3.65. The molecule has 1 amide bonds. The van der Waals surface area contributed by atoms with Crippen LogP contribution in [0.4, 0.5) is 11.4 Å². The molecule has 2 aromatic rings. The van der Waals surface area contributed by atoms with Crippen LogP contribution in [-0.2, 0) is 14.8 Å². The highest BCUT2D eigenvalue weighted by Gasteiger charge is 2.32. The lowest BCUT2D eigenvalue weighted by atomic mass is 10.1. The van der Waals surface area contributed by atoms with E-state index in [0.717, 1.165) is 21.9 Å². The van der Waals surface area contributed by atoms with Gasteiger partial charge in [0.15, 0.2) is 0 Å². The molecular formula is C19H23BrN2O3S. The normalized spacial score (nSPS) is 12.5. The molecule has 0 radical (unpaired) electrons. The van der Waals surface area contributed by atoms with Crippen LogP contribution in [0.25, 0.3) is 0 Å². The van der Waals surface area contributed by atoms with E-state index in [4.69, 9.17) is 0 Å². The molecule has 0 aliphatic heterocycles. The Morgan fingerprint density at radius 1 is 1.19 bits per heavy atom. The van der Waals surface area contributed by atoms with Crippen LogP contribution >= 0.6 is 15.9 Å². The van der Waals surface area contributed by atoms with E-state index in [2.05, 4.69) is 21.2 Å². The highest BCUT2D eigenvalue weighted by molar-refractivity contribution is 9.10. The Morgan fingerprint density at radius 3 is 2.46 bits per heavy atom. The van der Waals surface area contributed by atoms with Crippen molar-refractivity contribution < 1.29 is 13.2 Å². The number of anilines is 2. The van der Waals surface area contributed by atoms with Crippen LogP contribution in [0.3, 0.4) is 0 Å². The number of rotatable bonds is 6. The summed E-state index contributed by atoms with van der Waals surface area (Å²) < 4.78 is 27.1. The summed E-state index contributed by atoms with van der Waals surface area (Å²) in [4.78, 5) is 12.9. The van der Waals surface area contributed by atoms with Crippen molar-refractivity contribution in [2.24, 2.45) is 0 Å². The number of carbonyl (C=O) groups is 1. The maximum atomic E-state index is 12.9. The largest absolute Gasteiger partial charge is 0.324 e. The minimum Gasteiger partial charge on any atom is -0.324 e. The highest BCUT2D eigenvalue weighted by atomic mass is 79.9. The summed E-state index contributed by atoms with van der Waals surface area (Å²) in [6, 6.07) is 11.9. The summed E-state index contributed by atoms with van der Waals surface area (Å²) in [6.45, 7) is 5.53. The Morgan fingerprint density at radius 2 is 1.88 bits per heavy atom. The number of benzene rings is 2. The number of hydrogen-bond acceptors (Lipinski definition) is 3. The lowest BCUT2D eigenvalue weighted by Crippen LogP contribution is -2.47. The van der Waals surface area contributed by atoms with E-state index in [9.17, 15) is 13.2 Å². The molecule has 1 N–H and O–H groups in total. The Labute approximate surface area is 163 Å². The van der Waals surface area contributed by atoms with Gasteiger partial charge in [-0.25, -0.2) is 8.42 Å². The van der Waals surface area contributed by atoms with Gasteiger partial charge < -0.3 is 5.32 Å². The Bertz CT molecular complexity index is 913. The molecule has 2 rings (SSSR count). The van der Waals surface area contributed by atoms with Crippen molar-refractivity contribution in [2.75, 3.05) is 15.9 Å². The number of sulfonamides is 1. The average Bonchev–Trinajstić information content (AvgIpc) is 2.53. The second-order valence-electron chi connectivity index (χ2n) is 6.27. The predicted octanol–water partition coefficient (Wildman–Crippen LogP) is 4.25. The monoisotopic (exact) mass is 438 g/mol. The van der Waals surface area contributed by atoms with Crippen molar-refractivity contribution in [1.29, 1.82) is 0 Å². The minimum atomic E-state index is -3.65. The molecule has 26 heavy (non-hydrogen) atoms. The molecule has 1 unspecified atom stereocenters. The van der Waals surface area contributed by atoms with Gasteiger partial charge in [-0.05, 0) is 55.7 Å². The second kappa shape index (κ2) is 8.22. The summed E-state index contributed by atoms with van der Waals surface area (Å²) in [5.74, 6) is -0.364. The molecule has 0 saturated carbocycles. The summed E-state index contributed by atoms with van der Waals surface area (Å²) >= 11 is 3.36. The third kappa shape index (κ3) is 4.86. The topological polar surface area (TPSA) is 66.5 Å². The number of nitrogens with one attached hydrogen (secondary N) is 1. The van der Waals surface area contributed by atoms with Gasteiger partial charge in [0.25, 0.3) is 0 Å². The molecule has 5 nitrogen and oxygen atoms in total. The summed E-state index contributed by atoms with van der Waals surface area (Å²) in [5, 5.41) is 2.82. The smallest absolute Gasteiger partial charge is 0.248 e. The average molecular weight is 439 g/mol. The van der Waals surface area contributed by atoms with Crippen molar-refractivity contribution in [1.82, 2.24) is 0 Å². The SMILES string of the molecule is CCC(C(=O)Nc1cccc(Br)c1)N(c1cc(C)ccc1C)S(C)(=O)=O. The number of nitrogens with zero attached hydrogens (tertiary/aromatic N) is 1. The molecule has 0 heterocycles. The first-order valence-electron chi connectivity index (χ1n) is 8.26. The molecule has 1 atom stereocenters. The number of aryl methyl sites for hydroxylation is 2. The van der Waals surface area contributed by atoms with Gasteiger partial charge in [0.1, 0.15) is 6.04 Å². The van der Waals surface area contributed by atoms with E-state index in [-0.39, 0.29) is 5.91 Å². The number of halogens is 1. The van der Waals surface area contributed by atoms with Gasteiger partial charge in [-0.2, -0.15) is 0 Å². The number of hydrogen-bond donors (Lipinski definition) is 1. The van der Waals surface area contributed by atoms with E-state index in [1.54, 1.807) is 31.2 Å². The molecule has 140 valence electrons. The van der Waals surface area contributed by atoms with Crippen molar-refractivity contribution in [3.8, 4) is 0 Å². The molecule has 7 heteroatoms. The zero-order valence-electron chi connectivity index (χ0n) is 15.3. The van der Waals surface area contributed by atoms with Crippen LogP contribution in [0.5, 0.6) is 0 Å². The molecule has 0 aromatic heterocycles. The third-order valence-electron chi connectivity index (χ3n) is 4.02. The van der Waals surface area contributed by atoms with Crippen molar-refractivity contribution in [3.63, 3.8) is 0 Å². The van der Waals surface area contributed by atoms with Crippen LogP contribution in [0, 0.1) is 13.8 Å². The van der Waals surface area contributed by atoms with Crippen LogP contribution < -0.4 is 9.62 Å². The zero-order chi connectivity index (χ0) is 19.5. The van der Waals surface area contributed by atoms with Gasteiger partial charge >= 0.3 is 0 Å². The fourth-order valence-electron chi connectivity index (χ4n) is 2.78. The van der Waals surface area contributed by atoms with Crippen LogP contribution in [0.15, 0.2) is 46.9 Å². The summed E-state index contributed by atoms with van der Waals surface area (Å²) in [6.07, 6.45) is 1.48. The van der Waals surface area contributed by atoms with Crippen LogP contribution in [0.2, 0.25) is 0 Å².